The zero-order valence-corrected chi connectivity index (χ0v) is 10.8. The quantitative estimate of drug-likeness (QED) is 0.717. The van der Waals surface area contributed by atoms with Crippen LogP contribution in [0.2, 0.25) is 0 Å². The van der Waals surface area contributed by atoms with E-state index in [0.717, 1.165) is 16.7 Å². The molecule has 20 heavy (non-hydrogen) atoms. The first-order chi connectivity index (χ1) is 9.75. The first-order valence-corrected chi connectivity index (χ1v) is 6.42. The first-order valence-electron chi connectivity index (χ1n) is 6.42. The van der Waals surface area contributed by atoms with Crippen LogP contribution >= 0.6 is 0 Å². The SMILES string of the molecule is Oc1cc(-c2ccccc2)cc(O)c1-c1ccccc1. The van der Waals surface area contributed by atoms with Crippen molar-refractivity contribution in [3.63, 3.8) is 0 Å². The molecule has 0 heterocycles. The predicted molar refractivity (Wildman–Crippen MR) is 80.6 cm³/mol. The summed E-state index contributed by atoms with van der Waals surface area (Å²) in [6.45, 7) is 0. The number of hydrogen-bond acceptors (Lipinski definition) is 2. The van der Waals surface area contributed by atoms with Gasteiger partial charge in [0, 0.05) is 0 Å². The second-order valence-corrected chi connectivity index (χ2v) is 4.62. The summed E-state index contributed by atoms with van der Waals surface area (Å²) >= 11 is 0. The summed E-state index contributed by atoms with van der Waals surface area (Å²) in [4.78, 5) is 0. The van der Waals surface area contributed by atoms with Crippen molar-refractivity contribution in [3.8, 4) is 33.8 Å². The number of rotatable bonds is 2. The highest BCUT2D eigenvalue weighted by atomic mass is 16.3. The lowest BCUT2D eigenvalue weighted by Crippen LogP contribution is -1.84. The second kappa shape index (κ2) is 5.10. The summed E-state index contributed by atoms with van der Waals surface area (Å²) in [5.74, 6) is 0.158. The van der Waals surface area contributed by atoms with Crippen molar-refractivity contribution in [1.82, 2.24) is 0 Å². The van der Waals surface area contributed by atoms with Crippen LogP contribution in [0, 0.1) is 0 Å². The lowest BCUT2D eigenvalue weighted by Gasteiger charge is -2.10. The van der Waals surface area contributed by atoms with Gasteiger partial charge in [-0.1, -0.05) is 60.7 Å². The van der Waals surface area contributed by atoms with E-state index in [4.69, 9.17) is 0 Å². The Bertz CT molecular complexity index is 696. The maximum absolute atomic E-state index is 10.2. The summed E-state index contributed by atoms with van der Waals surface area (Å²) in [7, 11) is 0. The Balaban J connectivity index is 2.13. The van der Waals surface area contributed by atoms with Crippen LogP contribution in [0.3, 0.4) is 0 Å². The Hall–Kier alpha value is -2.74. The monoisotopic (exact) mass is 262 g/mol. The van der Waals surface area contributed by atoms with E-state index < -0.39 is 0 Å². The molecule has 3 aromatic rings. The molecule has 3 rings (SSSR count). The highest BCUT2D eigenvalue weighted by Gasteiger charge is 2.12. The number of phenolic OH excluding ortho intramolecular Hbond substituents is 2. The van der Waals surface area contributed by atoms with Gasteiger partial charge in [0.2, 0.25) is 0 Å². The van der Waals surface area contributed by atoms with Gasteiger partial charge in [0.25, 0.3) is 0 Å². The van der Waals surface area contributed by atoms with E-state index in [0.29, 0.717) is 5.56 Å². The van der Waals surface area contributed by atoms with Gasteiger partial charge in [-0.25, -0.2) is 0 Å². The molecule has 0 unspecified atom stereocenters. The zero-order chi connectivity index (χ0) is 13.9. The molecule has 0 fully saturated rings. The predicted octanol–water partition coefficient (Wildman–Crippen LogP) is 4.43. The van der Waals surface area contributed by atoms with E-state index in [9.17, 15) is 10.2 Å². The maximum atomic E-state index is 10.2. The first kappa shape index (κ1) is 12.3. The van der Waals surface area contributed by atoms with E-state index in [2.05, 4.69) is 0 Å². The Morgan fingerprint density at radius 2 is 0.950 bits per heavy atom. The van der Waals surface area contributed by atoms with Gasteiger partial charge in [-0.3, -0.25) is 0 Å². The van der Waals surface area contributed by atoms with Gasteiger partial charge < -0.3 is 10.2 Å². The number of benzene rings is 3. The molecule has 0 saturated heterocycles. The summed E-state index contributed by atoms with van der Waals surface area (Å²) in [6.07, 6.45) is 0. The van der Waals surface area contributed by atoms with Crippen molar-refractivity contribution >= 4 is 0 Å². The van der Waals surface area contributed by atoms with Crippen LogP contribution < -0.4 is 0 Å². The van der Waals surface area contributed by atoms with Gasteiger partial charge in [-0.05, 0) is 28.8 Å². The van der Waals surface area contributed by atoms with Crippen molar-refractivity contribution in [2.45, 2.75) is 0 Å². The third-order valence-corrected chi connectivity index (χ3v) is 3.27. The fraction of sp³-hybridized carbons (Fsp3) is 0. The molecule has 0 saturated carbocycles. The van der Waals surface area contributed by atoms with Gasteiger partial charge in [-0.15, -0.1) is 0 Å². The molecule has 0 aliphatic carbocycles. The van der Waals surface area contributed by atoms with Crippen LogP contribution in [-0.4, -0.2) is 10.2 Å². The average molecular weight is 262 g/mol. The van der Waals surface area contributed by atoms with Gasteiger partial charge in [-0.2, -0.15) is 0 Å². The maximum Gasteiger partial charge on any atom is 0.127 e. The van der Waals surface area contributed by atoms with E-state index in [1.54, 1.807) is 12.1 Å². The Labute approximate surface area is 117 Å². The van der Waals surface area contributed by atoms with Gasteiger partial charge >= 0.3 is 0 Å². The molecule has 98 valence electrons. The average Bonchev–Trinajstić information content (AvgIpc) is 2.48. The molecular weight excluding hydrogens is 248 g/mol. The van der Waals surface area contributed by atoms with Crippen LogP contribution in [0.1, 0.15) is 0 Å². The minimum absolute atomic E-state index is 0.0788. The molecule has 0 bridgehead atoms. The van der Waals surface area contributed by atoms with Crippen LogP contribution in [0.5, 0.6) is 11.5 Å². The molecule has 2 nitrogen and oxygen atoms in total. The normalized spacial score (nSPS) is 10.4. The molecular formula is C18H14O2. The minimum atomic E-state index is 0.0788. The van der Waals surface area contributed by atoms with E-state index in [1.807, 2.05) is 60.7 Å². The van der Waals surface area contributed by atoms with Gasteiger partial charge in [0.15, 0.2) is 0 Å². The van der Waals surface area contributed by atoms with E-state index in [1.165, 1.54) is 0 Å². The molecule has 3 aromatic carbocycles. The molecule has 2 N–H and O–H groups in total. The minimum Gasteiger partial charge on any atom is -0.507 e. The molecule has 0 atom stereocenters. The lowest BCUT2D eigenvalue weighted by molar-refractivity contribution is 0.454. The summed E-state index contributed by atoms with van der Waals surface area (Å²) in [5, 5.41) is 20.5. The van der Waals surface area contributed by atoms with E-state index >= 15 is 0 Å². The standard InChI is InChI=1S/C18H14O2/c19-16-11-15(13-7-3-1-4-8-13)12-17(20)18(16)14-9-5-2-6-10-14/h1-12,19-20H. The largest absolute Gasteiger partial charge is 0.507 e. The molecule has 0 aliphatic heterocycles. The van der Waals surface area contributed by atoms with Gasteiger partial charge in [0.05, 0.1) is 5.56 Å². The summed E-state index contributed by atoms with van der Waals surface area (Å²) in [6, 6.07) is 22.4. The smallest absolute Gasteiger partial charge is 0.127 e. The van der Waals surface area contributed by atoms with Crippen LogP contribution in [0.4, 0.5) is 0 Å². The molecule has 0 spiro atoms. The van der Waals surface area contributed by atoms with Crippen molar-refractivity contribution in [3.05, 3.63) is 72.8 Å². The van der Waals surface area contributed by atoms with Crippen molar-refractivity contribution in [1.29, 1.82) is 0 Å². The number of phenols is 2. The van der Waals surface area contributed by atoms with Crippen LogP contribution in [0.15, 0.2) is 72.8 Å². The Morgan fingerprint density at radius 1 is 0.500 bits per heavy atom. The lowest BCUT2D eigenvalue weighted by atomic mass is 9.98. The molecule has 0 aliphatic rings. The van der Waals surface area contributed by atoms with Crippen LogP contribution in [0.25, 0.3) is 22.3 Å². The topological polar surface area (TPSA) is 40.5 Å². The molecule has 0 radical (unpaired) electrons. The van der Waals surface area contributed by atoms with Crippen molar-refractivity contribution in [2.24, 2.45) is 0 Å². The molecule has 0 amide bonds. The second-order valence-electron chi connectivity index (χ2n) is 4.62. The third kappa shape index (κ3) is 2.24. The number of aromatic hydroxyl groups is 2. The Kier molecular flexibility index (Phi) is 3.13. The van der Waals surface area contributed by atoms with Crippen molar-refractivity contribution < 1.29 is 10.2 Å². The van der Waals surface area contributed by atoms with E-state index in [-0.39, 0.29) is 11.5 Å². The summed E-state index contributed by atoms with van der Waals surface area (Å²) in [5.41, 5.74) is 3.00. The van der Waals surface area contributed by atoms with Gasteiger partial charge in [0.1, 0.15) is 11.5 Å². The van der Waals surface area contributed by atoms with Crippen LogP contribution in [-0.2, 0) is 0 Å². The number of hydrogen-bond donors (Lipinski definition) is 2. The fourth-order valence-electron chi connectivity index (χ4n) is 2.31. The van der Waals surface area contributed by atoms with Crippen molar-refractivity contribution in [2.75, 3.05) is 0 Å². The zero-order valence-electron chi connectivity index (χ0n) is 10.8. The molecule has 2 heteroatoms. The highest BCUT2D eigenvalue weighted by Crippen LogP contribution is 2.40. The Morgan fingerprint density at radius 3 is 1.45 bits per heavy atom. The summed E-state index contributed by atoms with van der Waals surface area (Å²) < 4.78 is 0. The molecule has 0 aromatic heterocycles. The fourth-order valence-corrected chi connectivity index (χ4v) is 2.31. The third-order valence-electron chi connectivity index (χ3n) is 3.27. The highest BCUT2D eigenvalue weighted by molar-refractivity contribution is 5.81.